The number of hydrogen-bond acceptors (Lipinski definition) is 4. The minimum atomic E-state index is 0.462. The summed E-state index contributed by atoms with van der Waals surface area (Å²) in [6.07, 6.45) is 23.6. The molecular formula is C26H34O4. The van der Waals surface area contributed by atoms with Crippen molar-refractivity contribution in [3.8, 4) is 54.3 Å². The molecule has 0 heterocycles. The van der Waals surface area contributed by atoms with E-state index in [2.05, 4.69) is 17.8 Å². The smallest absolute Gasteiger partial charge is 0.203 e. The van der Waals surface area contributed by atoms with Crippen molar-refractivity contribution in [3.63, 3.8) is 0 Å². The Hall–Kier alpha value is -2.74. The van der Waals surface area contributed by atoms with E-state index < -0.39 is 0 Å². The summed E-state index contributed by atoms with van der Waals surface area (Å²) in [5.41, 5.74) is 0.967. The molecule has 162 valence electrons. The zero-order valence-corrected chi connectivity index (χ0v) is 18.2. The van der Waals surface area contributed by atoms with Gasteiger partial charge in [0.05, 0.1) is 26.4 Å². The Balaban J connectivity index is 2.92. The van der Waals surface area contributed by atoms with Crippen molar-refractivity contribution in [1.82, 2.24) is 0 Å². The second kappa shape index (κ2) is 17.1. The van der Waals surface area contributed by atoms with E-state index in [0.29, 0.717) is 43.7 Å². The zero-order chi connectivity index (χ0) is 21.9. The van der Waals surface area contributed by atoms with Gasteiger partial charge < -0.3 is 18.9 Å². The van der Waals surface area contributed by atoms with E-state index in [-0.39, 0.29) is 0 Å². The number of ether oxygens (including phenoxy) is 4. The fourth-order valence-electron chi connectivity index (χ4n) is 2.76. The summed E-state index contributed by atoms with van der Waals surface area (Å²) in [6.45, 7) is 2.13. The highest BCUT2D eigenvalue weighted by Gasteiger charge is 2.16. The van der Waals surface area contributed by atoms with Gasteiger partial charge in [0.2, 0.25) is 5.75 Å². The molecule has 4 nitrogen and oxygen atoms in total. The predicted octanol–water partition coefficient (Wildman–Crippen LogP) is 5.38. The van der Waals surface area contributed by atoms with Gasteiger partial charge in [-0.15, -0.1) is 37.0 Å². The Morgan fingerprint density at radius 1 is 0.667 bits per heavy atom. The molecule has 0 unspecified atom stereocenters. The van der Waals surface area contributed by atoms with E-state index in [4.69, 9.17) is 38.2 Å². The lowest BCUT2D eigenvalue weighted by atomic mass is 10.2. The van der Waals surface area contributed by atoms with Crippen molar-refractivity contribution in [3.05, 3.63) is 17.7 Å². The van der Waals surface area contributed by atoms with Crippen LogP contribution in [-0.4, -0.2) is 26.9 Å². The molecular weight excluding hydrogens is 376 g/mol. The van der Waals surface area contributed by atoms with E-state index in [1.807, 2.05) is 12.1 Å². The summed E-state index contributed by atoms with van der Waals surface area (Å²) >= 11 is 0. The van der Waals surface area contributed by atoms with Crippen molar-refractivity contribution in [2.75, 3.05) is 26.9 Å². The van der Waals surface area contributed by atoms with E-state index in [1.54, 1.807) is 7.11 Å². The molecule has 0 aliphatic rings. The molecule has 0 atom stereocenters. The number of methoxy groups -OCH3 is 1. The minimum absolute atomic E-state index is 0.462. The first kappa shape index (κ1) is 25.3. The topological polar surface area (TPSA) is 36.9 Å². The van der Waals surface area contributed by atoms with Gasteiger partial charge in [0.15, 0.2) is 11.5 Å². The van der Waals surface area contributed by atoms with Crippen LogP contribution in [0.25, 0.3) is 0 Å². The third kappa shape index (κ3) is 10.7. The summed E-state index contributed by atoms with van der Waals surface area (Å²) in [5.74, 6) is 9.92. The van der Waals surface area contributed by atoms with Crippen molar-refractivity contribution >= 4 is 0 Å². The Labute approximate surface area is 182 Å². The fourth-order valence-corrected chi connectivity index (χ4v) is 2.76. The van der Waals surface area contributed by atoms with E-state index in [9.17, 15) is 0 Å². The molecule has 0 N–H and O–H groups in total. The molecule has 0 amide bonds. The third-order valence-corrected chi connectivity index (χ3v) is 4.30. The van der Waals surface area contributed by atoms with Gasteiger partial charge in [-0.1, -0.05) is 0 Å². The SMILES string of the molecule is C#CCCCCOc1cc(COC)cc(OCCCCC#C)c1OCCCCC#C. The number of unbranched alkanes of at least 4 members (excludes halogenated alkanes) is 6. The minimum Gasteiger partial charge on any atom is -0.490 e. The first-order valence-electron chi connectivity index (χ1n) is 10.6. The maximum atomic E-state index is 6.08. The highest BCUT2D eigenvalue weighted by molar-refractivity contribution is 5.54. The van der Waals surface area contributed by atoms with Crippen LogP contribution in [0.1, 0.15) is 63.4 Å². The van der Waals surface area contributed by atoms with Crippen LogP contribution < -0.4 is 14.2 Å². The Morgan fingerprint density at radius 2 is 1.10 bits per heavy atom. The van der Waals surface area contributed by atoms with Gasteiger partial charge in [0, 0.05) is 26.4 Å². The summed E-state index contributed by atoms with van der Waals surface area (Å²) in [4.78, 5) is 0. The molecule has 1 aromatic rings. The molecule has 0 saturated carbocycles. The highest BCUT2D eigenvalue weighted by Crippen LogP contribution is 2.39. The Kier molecular flexibility index (Phi) is 14.5. The normalized spacial score (nSPS) is 9.93. The Morgan fingerprint density at radius 3 is 1.50 bits per heavy atom. The standard InChI is InChI=1S/C26H34O4/c1-5-8-11-14-17-28-24-20-23(22-27-4)21-25(29-18-15-12-9-6-2)26(24)30-19-16-13-10-7-3/h1-3,20-21H,8-19,22H2,4H3. The summed E-state index contributed by atoms with van der Waals surface area (Å²) in [5, 5.41) is 0. The van der Waals surface area contributed by atoms with Crippen molar-refractivity contribution in [1.29, 1.82) is 0 Å². The summed E-state index contributed by atoms with van der Waals surface area (Å²) in [6, 6.07) is 3.90. The number of terminal acetylenes is 3. The first-order valence-corrected chi connectivity index (χ1v) is 10.6. The number of benzene rings is 1. The quantitative estimate of drug-likeness (QED) is 0.255. The van der Waals surface area contributed by atoms with Gasteiger partial charge in [0.1, 0.15) is 0 Å². The van der Waals surface area contributed by atoms with E-state index in [0.717, 1.165) is 63.4 Å². The van der Waals surface area contributed by atoms with Crippen LogP contribution in [0.5, 0.6) is 17.2 Å². The van der Waals surface area contributed by atoms with Crippen LogP contribution in [0, 0.1) is 37.0 Å². The lowest BCUT2D eigenvalue weighted by molar-refractivity contribution is 0.182. The highest BCUT2D eigenvalue weighted by atomic mass is 16.5. The van der Waals surface area contributed by atoms with Crippen molar-refractivity contribution in [2.24, 2.45) is 0 Å². The van der Waals surface area contributed by atoms with Gasteiger partial charge >= 0.3 is 0 Å². The molecule has 0 fully saturated rings. The molecule has 4 heteroatoms. The summed E-state index contributed by atoms with van der Waals surface area (Å²) < 4.78 is 23.5. The van der Waals surface area contributed by atoms with Gasteiger partial charge in [-0.3, -0.25) is 0 Å². The van der Waals surface area contributed by atoms with Crippen LogP contribution in [0.3, 0.4) is 0 Å². The molecule has 30 heavy (non-hydrogen) atoms. The van der Waals surface area contributed by atoms with Gasteiger partial charge in [-0.05, 0) is 56.2 Å². The average molecular weight is 411 g/mol. The van der Waals surface area contributed by atoms with Crippen molar-refractivity contribution in [2.45, 2.75) is 64.4 Å². The molecule has 0 aromatic heterocycles. The summed E-state index contributed by atoms with van der Waals surface area (Å²) in [7, 11) is 1.66. The molecule has 1 aromatic carbocycles. The monoisotopic (exact) mass is 410 g/mol. The molecule has 0 aliphatic carbocycles. The van der Waals surface area contributed by atoms with Crippen LogP contribution >= 0.6 is 0 Å². The fraction of sp³-hybridized carbons (Fsp3) is 0.538. The van der Waals surface area contributed by atoms with Crippen LogP contribution in [0.4, 0.5) is 0 Å². The molecule has 0 radical (unpaired) electrons. The van der Waals surface area contributed by atoms with Crippen LogP contribution in [-0.2, 0) is 11.3 Å². The molecule has 0 spiro atoms. The van der Waals surface area contributed by atoms with Crippen molar-refractivity contribution < 1.29 is 18.9 Å². The average Bonchev–Trinajstić information content (AvgIpc) is 2.74. The lowest BCUT2D eigenvalue weighted by Gasteiger charge is -2.19. The number of rotatable bonds is 17. The third-order valence-electron chi connectivity index (χ3n) is 4.30. The van der Waals surface area contributed by atoms with Crippen LogP contribution in [0.15, 0.2) is 12.1 Å². The van der Waals surface area contributed by atoms with E-state index in [1.165, 1.54) is 0 Å². The second-order valence-corrected chi connectivity index (χ2v) is 6.88. The maximum Gasteiger partial charge on any atom is 0.203 e. The molecule has 1 rings (SSSR count). The van der Waals surface area contributed by atoms with Gasteiger partial charge in [-0.25, -0.2) is 0 Å². The number of hydrogen-bond donors (Lipinski definition) is 0. The zero-order valence-electron chi connectivity index (χ0n) is 18.2. The second-order valence-electron chi connectivity index (χ2n) is 6.88. The largest absolute Gasteiger partial charge is 0.490 e. The first-order chi connectivity index (χ1) is 14.8. The van der Waals surface area contributed by atoms with Crippen LogP contribution in [0.2, 0.25) is 0 Å². The predicted molar refractivity (Wildman–Crippen MR) is 122 cm³/mol. The maximum absolute atomic E-state index is 6.08. The lowest BCUT2D eigenvalue weighted by Crippen LogP contribution is -2.07. The van der Waals surface area contributed by atoms with E-state index >= 15 is 0 Å². The van der Waals surface area contributed by atoms with Gasteiger partial charge in [0.25, 0.3) is 0 Å². The molecule has 0 aliphatic heterocycles. The Bertz CT molecular complexity index is 673. The molecule has 0 bridgehead atoms. The van der Waals surface area contributed by atoms with Gasteiger partial charge in [-0.2, -0.15) is 0 Å². The molecule has 0 saturated heterocycles.